The molecule has 5 nitrogen and oxygen atoms in total. The number of aliphatic hydroxyl groups excluding tert-OH is 1. The zero-order valence-corrected chi connectivity index (χ0v) is 9.74. The number of halogens is 1. The molecule has 1 atom stereocenters. The minimum absolute atomic E-state index is 0.187. The highest BCUT2D eigenvalue weighted by Gasteiger charge is 2.12. The summed E-state index contributed by atoms with van der Waals surface area (Å²) < 4.78 is 13.4. The SMILES string of the molecule is CCNc1ncc(F)c(N(C)CC(C)O)n1. The Hall–Kier alpha value is -1.43. The maximum Gasteiger partial charge on any atom is 0.224 e. The summed E-state index contributed by atoms with van der Waals surface area (Å²) in [7, 11) is 1.67. The van der Waals surface area contributed by atoms with Gasteiger partial charge in [0.05, 0.1) is 12.3 Å². The van der Waals surface area contributed by atoms with Gasteiger partial charge < -0.3 is 15.3 Å². The number of rotatable bonds is 5. The molecule has 1 aromatic heterocycles. The summed E-state index contributed by atoms with van der Waals surface area (Å²) in [5.74, 6) is 0.0768. The molecule has 2 N–H and O–H groups in total. The Kier molecular flexibility index (Phi) is 4.42. The number of hydrogen-bond acceptors (Lipinski definition) is 5. The van der Waals surface area contributed by atoms with Crippen LogP contribution < -0.4 is 10.2 Å². The van der Waals surface area contributed by atoms with E-state index in [0.29, 0.717) is 19.0 Å². The molecule has 16 heavy (non-hydrogen) atoms. The van der Waals surface area contributed by atoms with Gasteiger partial charge in [-0.05, 0) is 13.8 Å². The molecular weight excluding hydrogens is 211 g/mol. The lowest BCUT2D eigenvalue weighted by molar-refractivity contribution is 0.201. The minimum atomic E-state index is -0.540. The first-order valence-corrected chi connectivity index (χ1v) is 5.20. The van der Waals surface area contributed by atoms with Gasteiger partial charge in [0.15, 0.2) is 11.6 Å². The number of nitrogens with zero attached hydrogens (tertiary/aromatic N) is 3. The molecular formula is C10H17FN4O. The van der Waals surface area contributed by atoms with Gasteiger partial charge in [0.2, 0.25) is 5.95 Å². The van der Waals surface area contributed by atoms with E-state index in [4.69, 9.17) is 0 Å². The van der Waals surface area contributed by atoms with Crippen molar-refractivity contribution in [3.8, 4) is 0 Å². The lowest BCUT2D eigenvalue weighted by Crippen LogP contribution is -2.28. The van der Waals surface area contributed by atoms with Crippen LogP contribution in [0.3, 0.4) is 0 Å². The van der Waals surface area contributed by atoms with E-state index in [-0.39, 0.29) is 5.82 Å². The van der Waals surface area contributed by atoms with Gasteiger partial charge >= 0.3 is 0 Å². The highest BCUT2D eigenvalue weighted by atomic mass is 19.1. The molecule has 0 saturated carbocycles. The highest BCUT2D eigenvalue weighted by Crippen LogP contribution is 2.15. The molecule has 0 aliphatic heterocycles. The predicted octanol–water partition coefficient (Wildman–Crippen LogP) is 0.864. The summed E-state index contributed by atoms with van der Waals surface area (Å²) >= 11 is 0. The van der Waals surface area contributed by atoms with Crippen molar-refractivity contribution in [1.82, 2.24) is 9.97 Å². The average molecular weight is 228 g/mol. The second kappa shape index (κ2) is 5.60. The monoisotopic (exact) mass is 228 g/mol. The number of aromatic nitrogens is 2. The van der Waals surface area contributed by atoms with E-state index < -0.39 is 11.9 Å². The highest BCUT2D eigenvalue weighted by molar-refractivity contribution is 5.43. The third-order valence-electron chi connectivity index (χ3n) is 1.96. The van der Waals surface area contributed by atoms with Gasteiger partial charge in [0.25, 0.3) is 0 Å². The van der Waals surface area contributed by atoms with E-state index in [2.05, 4.69) is 15.3 Å². The first-order valence-electron chi connectivity index (χ1n) is 5.20. The van der Waals surface area contributed by atoms with Gasteiger partial charge in [-0.3, -0.25) is 0 Å². The Bertz CT molecular complexity index is 346. The van der Waals surface area contributed by atoms with E-state index in [1.807, 2.05) is 6.92 Å². The second-order valence-electron chi connectivity index (χ2n) is 3.63. The van der Waals surface area contributed by atoms with Crippen molar-refractivity contribution in [1.29, 1.82) is 0 Å². The largest absolute Gasteiger partial charge is 0.392 e. The number of anilines is 2. The van der Waals surface area contributed by atoms with Crippen LogP contribution in [0.2, 0.25) is 0 Å². The molecule has 0 aromatic carbocycles. The Balaban J connectivity index is 2.88. The number of hydrogen-bond donors (Lipinski definition) is 2. The quantitative estimate of drug-likeness (QED) is 0.783. The lowest BCUT2D eigenvalue weighted by atomic mass is 10.3. The van der Waals surface area contributed by atoms with Gasteiger partial charge in [-0.1, -0.05) is 0 Å². The fourth-order valence-electron chi connectivity index (χ4n) is 1.35. The van der Waals surface area contributed by atoms with E-state index in [1.165, 1.54) is 0 Å². The topological polar surface area (TPSA) is 61.3 Å². The zero-order chi connectivity index (χ0) is 12.1. The van der Waals surface area contributed by atoms with E-state index in [9.17, 15) is 9.50 Å². The third-order valence-corrected chi connectivity index (χ3v) is 1.96. The summed E-state index contributed by atoms with van der Waals surface area (Å²) in [5.41, 5.74) is 0. The van der Waals surface area contributed by atoms with Gasteiger partial charge in [-0.25, -0.2) is 9.37 Å². The molecule has 0 amide bonds. The maximum atomic E-state index is 13.4. The smallest absolute Gasteiger partial charge is 0.224 e. The van der Waals surface area contributed by atoms with Crippen molar-refractivity contribution >= 4 is 11.8 Å². The molecule has 0 fully saturated rings. The first-order chi connectivity index (χ1) is 7.54. The van der Waals surface area contributed by atoms with Crippen molar-refractivity contribution in [2.24, 2.45) is 0 Å². The van der Waals surface area contributed by atoms with Crippen LogP contribution >= 0.6 is 0 Å². The lowest BCUT2D eigenvalue weighted by Gasteiger charge is -2.20. The molecule has 90 valence electrons. The Morgan fingerprint density at radius 1 is 1.62 bits per heavy atom. The molecule has 1 aromatic rings. The van der Waals surface area contributed by atoms with Crippen LogP contribution in [-0.2, 0) is 0 Å². The van der Waals surface area contributed by atoms with Crippen LogP contribution in [0.1, 0.15) is 13.8 Å². The van der Waals surface area contributed by atoms with Crippen molar-refractivity contribution in [2.45, 2.75) is 20.0 Å². The van der Waals surface area contributed by atoms with E-state index >= 15 is 0 Å². The van der Waals surface area contributed by atoms with Gasteiger partial charge in [0.1, 0.15) is 0 Å². The Morgan fingerprint density at radius 2 is 2.31 bits per heavy atom. The second-order valence-corrected chi connectivity index (χ2v) is 3.63. The molecule has 0 radical (unpaired) electrons. The molecule has 0 bridgehead atoms. The molecule has 1 heterocycles. The van der Waals surface area contributed by atoms with Crippen LogP contribution in [0.5, 0.6) is 0 Å². The molecule has 1 unspecified atom stereocenters. The normalized spacial score (nSPS) is 12.3. The molecule has 1 rings (SSSR count). The van der Waals surface area contributed by atoms with Crippen molar-refractivity contribution in [3.05, 3.63) is 12.0 Å². The van der Waals surface area contributed by atoms with E-state index in [0.717, 1.165) is 6.20 Å². The standard InChI is InChI=1S/C10H17FN4O/c1-4-12-10-13-5-8(11)9(14-10)15(3)6-7(2)16/h5,7,16H,4,6H2,1-3H3,(H,12,13,14). The molecule has 0 saturated heterocycles. The molecule has 0 aliphatic carbocycles. The summed E-state index contributed by atoms with van der Waals surface area (Å²) in [6.45, 7) is 4.54. The van der Waals surface area contributed by atoms with Crippen molar-refractivity contribution < 1.29 is 9.50 Å². The maximum absolute atomic E-state index is 13.4. The van der Waals surface area contributed by atoms with Crippen LogP contribution in [0.15, 0.2) is 6.20 Å². The van der Waals surface area contributed by atoms with E-state index in [1.54, 1.807) is 18.9 Å². The molecule has 6 heteroatoms. The first kappa shape index (κ1) is 12.6. The van der Waals surface area contributed by atoms with Crippen LogP contribution in [0.4, 0.5) is 16.2 Å². The van der Waals surface area contributed by atoms with Crippen molar-refractivity contribution in [3.63, 3.8) is 0 Å². The third kappa shape index (κ3) is 3.30. The summed E-state index contributed by atoms with van der Waals surface area (Å²) in [6.07, 6.45) is 0.584. The Labute approximate surface area is 94.3 Å². The predicted molar refractivity (Wildman–Crippen MR) is 61.1 cm³/mol. The summed E-state index contributed by atoms with van der Waals surface area (Å²) in [5, 5.41) is 12.1. The number of aliphatic hydroxyl groups is 1. The average Bonchev–Trinajstić information content (AvgIpc) is 2.20. The van der Waals surface area contributed by atoms with Crippen LogP contribution in [0, 0.1) is 5.82 Å². The zero-order valence-electron chi connectivity index (χ0n) is 9.74. The molecule has 0 spiro atoms. The van der Waals surface area contributed by atoms with Gasteiger partial charge in [-0.2, -0.15) is 4.98 Å². The molecule has 0 aliphatic rings. The van der Waals surface area contributed by atoms with Gasteiger partial charge in [0, 0.05) is 20.1 Å². The summed E-state index contributed by atoms with van der Waals surface area (Å²) in [6, 6.07) is 0. The van der Waals surface area contributed by atoms with Crippen LogP contribution in [-0.4, -0.2) is 41.3 Å². The fraction of sp³-hybridized carbons (Fsp3) is 0.600. The minimum Gasteiger partial charge on any atom is -0.392 e. The van der Waals surface area contributed by atoms with Crippen LogP contribution in [0.25, 0.3) is 0 Å². The Morgan fingerprint density at radius 3 is 2.88 bits per heavy atom. The fourth-order valence-corrected chi connectivity index (χ4v) is 1.35. The van der Waals surface area contributed by atoms with Gasteiger partial charge in [-0.15, -0.1) is 0 Å². The van der Waals surface area contributed by atoms with Crippen molar-refractivity contribution in [2.75, 3.05) is 30.4 Å². The summed E-state index contributed by atoms with van der Waals surface area (Å²) in [4.78, 5) is 9.39. The number of nitrogens with one attached hydrogen (secondary N) is 1. The number of likely N-dealkylation sites (N-methyl/N-ethyl adjacent to an activating group) is 1.